The van der Waals surface area contributed by atoms with Gasteiger partial charge in [0.2, 0.25) is 5.91 Å². The van der Waals surface area contributed by atoms with Gasteiger partial charge in [-0.3, -0.25) is 29.4 Å². The number of thiophene rings is 1. The number of nitro benzene ring substituents is 1. The maximum absolute atomic E-state index is 12.7. The lowest BCUT2D eigenvalue weighted by atomic mass is 10.1. The van der Waals surface area contributed by atoms with Gasteiger partial charge in [-0.1, -0.05) is 6.07 Å². The monoisotopic (exact) mass is 469 g/mol. The molecule has 0 bridgehead atoms. The van der Waals surface area contributed by atoms with Crippen molar-refractivity contribution in [2.75, 3.05) is 18.5 Å². The molecule has 11 nitrogen and oxygen atoms in total. The number of anilines is 1. The van der Waals surface area contributed by atoms with E-state index in [-0.39, 0.29) is 28.3 Å². The molecule has 0 aliphatic carbocycles. The fourth-order valence-corrected chi connectivity index (χ4v) is 4.34. The third kappa shape index (κ3) is 3.87. The number of rotatable bonds is 7. The van der Waals surface area contributed by atoms with Crippen LogP contribution in [0.4, 0.5) is 10.7 Å². The molecule has 1 N–H and O–H groups in total. The topological polar surface area (TPSA) is 149 Å². The van der Waals surface area contributed by atoms with Gasteiger partial charge in [-0.15, -0.1) is 11.3 Å². The SMILES string of the molecule is CCOC(=O)c1c(-c2ccco2)csc1NC(=O)CN1C(=O)c2cccc([N+](=O)[O-])c2C1=O. The van der Waals surface area contributed by atoms with Gasteiger partial charge in [-0.05, 0) is 25.1 Å². The minimum absolute atomic E-state index is 0.0724. The first-order valence-electron chi connectivity index (χ1n) is 9.59. The Morgan fingerprint density at radius 2 is 1.97 bits per heavy atom. The van der Waals surface area contributed by atoms with Gasteiger partial charge >= 0.3 is 5.97 Å². The third-order valence-electron chi connectivity index (χ3n) is 4.79. The first-order valence-corrected chi connectivity index (χ1v) is 10.5. The minimum atomic E-state index is -0.939. The highest BCUT2D eigenvalue weighted by molar-refractivity contribution is 7.15. The van der Waals surface area contributed by atoms with Crippen molar-refractivity contribution in [1.29, 1.82) is 0 Å². The first-order chi connectivity index (χ1) is 15.8. The van der Waals surface area contributed by atoms with Crippen molar-refractivity contribution in [3.05, 3.63) is 68.8 Å². The fourth-order valence-electron chi connectivity index (χ4n) is 3.39. The molecule has 1 aliphatic rings. The predicted molar refractivity (Wildman–Crippen MR) is 115 cm³/mol. The number of fused-ring (bicyclic) bond motifs is 1. The molecule has 0 spiro atoms. The van der Waals surface area contributed by atoms with E-state index in [0.29, 0.717) is 16.2 Å². The summed E-state index contributed by atoms with van der Waals surface area (Å²) >= 11 is 1.04. The quantitative estimate of drug-likeness (QED) is 0.240. The van der Waals surface area contributed by atoms with Gasteiger partial charge in [0.1, 0.15) is 28.4 Å². The Hall–Kier alpha value is -4.32. The maximum atomic E-state index is 12.7. The summed E-state index contributed by atoms with van der Waals surface area (Å²) in [5.41, 5.74) is -0.535. The molecule has 1 aliphatic heterocycles. The molecule has 0 saturated heterocycles. The number of carbonyl (C=O) groups excluding carboxylic acids is 4. The number of benzene rings is 1. The smallest absolute Gasteiger partial charge is 0.341 e. The number of nitro groups is 1. The number of nitrogens with zero attached hydrogens (tertiary/aromatic N) is 2. The summed E-state index contributed by atoms with van der Waals surface area (Å²) in [6.07, 6.45) is 1.43. The van der Waals surface area contributed by atoms with Crippen molar-refractivity contribution in [1.82, 2.24) is 4.90 Å². The van der Waals surface area contributed by atoms with Crippen LogP contribution in [0.1, 0.15) is 38.0 Å². The van der Waals surface area contributed by atoms with E-state index in [1.54, 1.807) is 24.4 Å². The fraction of sp³-hybridized carbons (Fsp3) is 0.143. The van der Waals surface area contributed by atoms with Crippen LogP contribution in [0.15, 0.2) is 46.4 Å². The number of ether oxygens (including phenoxy) is 1. The molecule has 3 heterocycles. The van der Waals surface area contributed by atoms with Crippen molar-refractivity contribution >= 4 is 45.7 Å². The van der Waals surface area contributed by atoms with E-state index < -0.39 is 40.8 Å². The van der Waals surface area contributed by atoms with Gasteiger partial charge in [0, 0.05) is 17.0 Å². The van der Waals surface area contributed by atoms with Gasteiger partial charge in [0.25, 0.3) is 17.5 Å². The summed E-state index contributed by atoms with van der Waals surface area (Å²) in [6, 6.07) is 6.97. The van der Waals surface area contributed by atoms with E-state index in [1.807, 2.05) is 0 Å². The average molecular weight is 469 g/mol. The van der Waals surface area contributed by atoms with E-state index in [0.717, 1.165) is 17.4 Å². The standard InChI is InChI=1S/C21H15N3O8S/c1-2-31-21(28)17-12(14-7-4-8-32-14)10-33-18(17)22-15(25)9-23-19(26)11-5-3-6-13(24(29)30)16(11)20(23)27/h3-8,10H,2,9H2,1H3,(H,22,25). The molecule has 12 heteroatoms. The molecule has 0 fully saturated rings. The summed E-state index contributed by atoms with van der Waals surface area (Å²) < 4.78 is 10.4. The van der Waals surface area contributed by atoms with Crippen LogP contribution >= 0.6 is 11.3 Å². The van der Waals surface area contributed by atoms with E-state index in [1.165, 1.54) is 18.4 Å². The van der Waals surface area contributed by atoms with E-state index in [2.05, 4.69) is 5.32 Å². The largest absolute Gasteiger partial charge is 0.464 e. The molecule has 0 radical (unpaired) electrons. The molecule has 4 rings (SSSR count). The van der Waals surface area contributed by atoms with Crippen molar-refractivity contribution in [2.45, 2.75) is 6.92 Å². The summed E-state index contributed by atoms with van der Waals surface area (Å²) in [7, 11) is 0. The Balaban J connectivity index is 1.58. The molecule has 0 atom stereocenters. The number of furan rings is 1. The van der Waals surface area contributed by atoms with E-state index in [4.69, 9.17) is 9.15 Å². The van der Waals surface area contributed by atoms with Crippen LogP contribution in [0, 0.1) is 10.1 Å². The molecular formula is C21H15N3O8S. The number of hydrogen-bond donors (Lipinski definition) is 1. The molecule has 2 aromatic heterocycles. The van der Waals surface area contributed by atoms with E-state index in [9.17, 15) is 29.3 Å². The minimum Gasteiger partial charge on any atom is -0.464 e. The van der Waals surface area contributed by atoms with Crippen LogP contribution in [-0.2, 0) is 9.53 Å². The van der Waals surface area contributed by atoms with Gasteiger partial charge in [0.05, 0.1) is 23.4 Å². The molecule has 1 aromatic carbocycles. The van der Waals surface area contributed by atoms with Gasteiger partial charge in [-0.2, -0.15) is 0 Å². The highest BCUT2D eigenvalue weighted by Gasteiger charge is 2.41. The zero-order chi connectivity index (χ0) is 23.7. The highest BCUT2D eigenvalue weighted by Crippen LogP contribution is 2.37. The molecule has 3 aromatic rings. The second-order valence-corrected chi connectivity index (χ2v) is 7.63. The Morgan fingerprint density at radius 1 is 1.18 bits per heavy atom. The van der Waals surface area contributed by atoms with Crippen LogP contribution in [-0.4, -0.2) is 46.7 Å². The van der Waals surface area contributed by atoms with Crippen molar-refractivity contribution in [3.63, 3.8) is 0 Å². The lowest BCUT2D eigenvalue weighted by Crippen LogP contribution is -2.37. The molecule has 0 unspecified atom stereocenters. The number of amides is 3. The molecule has 0 saturated carbocycles. The first kappa shape index (κ1) is 21.9. The van der Waals surface area contributed by atoms with Gasteiger partial charge in [-0.25, -0.2) is 4.79 Å². The Kier molecular flexibility index (Phi) is 5.75. The van der Waals surface area contributed by atoms with Gasteiger partial charge < -0.3 is 14.5 Å². The Morgan fingerprint density at radius 3 is 2.64 bits per heavy atom. The number of nitrogens with one attached hydrogen (secondary N) is 1. The molecular weight excluding hydrogens is 454 g/mol. The number of carbonyl (C=O) groups is 4. The summed E-state index contributed by atoms with van der Waals surface area (Å²) in [5.74, 6) is -2.82. The lowest BCUT2D eigenvalue weighted by molar-refractivity contribution is -0.385. The Labute approximate surface area is 189 Å². The second-order valence-electron chi connectivity index (χ2n) is 6.75. The van der Waals surface area contributed by atoms with Crippen molar-refractivity contribution in [2.24, 2.45) is 0 Å². The van der Waals surface area contributed by atoms with E-state index >= 15 is 0 Å². The van der Waals surface area contributed by atoms with Crippen LogP contribution in [0.25, 0.3) is 11.3 Å². The molecule has 33 heavy (non-hydrogen) atoms. The van der Waals surface area contributed by atoms with Crippen LogP contribution in [0.5, 0.6) is 0 Å². The summed E-state index contributed by atoms with van der Waals surface area (Å²) in [6.45, 7) is 1.05. The number of imide groups is 1. The maximum Gasteiger partial charge on any atom is 0.341 e. The van der Waals surface area contributed by atoms with Crippen LogP contribution in [0.2, 0.25) is 0 Å². The van der Waals surface area contributed by atoms with Crippen molar-refractivity contribution < 1.29 is 33.3 Å². The van der Waals surface area contributed by atoms with Gasteiger partial charge in [0.15, 0.2) is 0 Å². The second kappa shape index (κ2) is 8.67. The lowest BCUT2D eigenvalue weighted by Gasteiger charge is -2.13. The molecule has 3 amide bonds. The Bertz CT molecular complexity index is 1290. The number of hydrogen-bond acceptors (Lipinski definition) is 9. The van der Waals surface area contributed by atoms with Crippen LogP contribution in [0.3, 0.4) is 0 Å². The third-order valence-corrected chi connectivity index (χ3v) is 5.68. The zero-order valence-corrected chi connectivity index (χ0v) is 17.8. The van der Waals surface area contributed by atoms with Crippen LogP contribution < -0.4 is 5.32 Å². The zero-order valence-electron chi connectivity index (χ0n) is 17.0. The average Bonchev–Trinajstić information content (AvgIpc) is 3.50. The highest BCUT2D eigenvalue weighted by atomic mass is 32.1. The normalized spacial score (nSPS) is 12.6. The summed E-state index contributed by atoms with van der Waals surface area (Å²) in [4.78, 5) is 61.6. The summed E-state index contributed by atoms with van der Waals surface area (Å²) in [5, 5.41) is 15.5. The number of esters is 1. The predicted octanol–water partition coefficient (Wildman–Crippen LogP) is 3.33. The van der Waals surface area contributed by atoms with Crippen molar-refractivity contribution in [3.8, 4) is 11.3 Å². The molecule has 168 valence electrons.